The minimum Gasteiger partial charge on any atom is -0.365 e. The molecule has 2 aliphatic rings. The lowest BCUT2D eigenvalue weighted by molar-refractivity contribution is 0.0958. The number of amides is 1. The third-order valence-corrected chi connectivity index (χ3v) is 5.01. The Kier molecular flexibility index (Phi) is 4.71. The van der Waals surface area contributed by atoms with Gasteiger partial charge in [0.25, 0.3) is 5.91 Å². The van der Waals surface area contributed by atoms with Gasteiger partial charge in [-0.1, -0.05) is 12.1 Å². The largest absolute Gasteiger partial charge is 0.365 e. The molecule has 26 heavy (non-hydrogen) atoms. The van der Waals surface area contributed by atoms with Gasteiger partial charge in [0.05, 0.1) is 5.56 Å². The fraction of sp³-hybridized carbons (Fsp3) is 0.421. The van der Waals surface area contributed by atoms with E-state index in [9.17, 15) is 4.79 Å². The van der Waals surface area contributed by atoms with Gasteiger partial charge in [-0.05, 0) is 19.2 Å². The molecule has 1 N–H and O–H groups in total. The Morgan fingerprint density at radius 3 is 2.54 bits per heavy atom. The normalized spacial score (nSPS) is 18.3. The molecule has 0 aliphatic carbocycles. The Hall–Kier alpha value is -2.67. The number of nitrogens with zero attached hydrogens (tertiary/aromatic N) is 5. The second kappa shape index (κ2) is 7.29. The lowest BCUT2D eigenvalue weighted by atomic mass is 10.1. The molecular weight excluding hydrogens is 328 g/mol. The number of likely N-dealkylation sites (N-methyl/N-ethyl adjacent to an activating group) is 1. The Morgan fingerprint density at radius 2 is 1.77 bits per heavy atom. The molecule has 2 aromatic rings. The number of aromatic nitrogens is 2. The smallest absolute Gasteiger partial charge is 0.253 e. The predicted octanol–water partition coefficient (Wildman–Crippen LogP) is 0.978. The van der Waals surface area contributed by atoms with Crippen molar-refractivity contribution in [1.82, 2.24) is 20.2 Å². The molecule has 1 saturated heterocycles. The summed E-state index contributed by atoms with van der Waals surface area (Å²) in [5.74, 6) is 0.791. The molecule has 136 valence electrons. The number of carbonyl (C=O) groups excluding carboxylic acids is 1. The van der Waals surface area contributed by atoms with Crippen LogP contribution in [0.1, 0.15) is 15.9 Å². The van der Waals surface area contributed by atoms with Gasteiger partial charge in [0, 0.05) is 69.5 Å². The maximum Gasteiger partial charge on any atom is 0.253 e. The number of rotatable bonds is 3. The summed E-state index contributed by atoms with van der Waals surface area (Å²) in [6.07, 6.45) is 3.81. The van der Waals surface area contributed by atoms with Crippen molar-refractivity contribution in [1.29, 1.82) is 0 Å². The highest BCUT2D eigenvalue weighted by atomic mass is 16.1. The van der Waals surface area contributed by atoms with Crippen molar-refractivity contribution in [3.8, 4) is 0 Å². The van der Waals surface area contributed by atoms with E-state index in [1.165, 1.54) is 0 Å². The quantitative estimate of drug-likeness (QED) is 0.888. The van der Waals surface area contributed by atoms with Gasteiger partial charge in [-0.3, -0.25) is 4.79 Å². The molecule has 0 spiro atoms. The summed E-state index contributed by atoms with van der Waals surface area (Å²) in [5.41, 5.74) is 2.73. The van der Waals surface area contributed by atoms with Crippen molar-refractivity contribution in [2.45, 2.75) is 6.54 Å². The third kappa shape index (κ3) is 3.48. The van der Waals surface area contributed by atoms with E-state index in [2.05, 4.69) is 37.0 Å². The molecule has 1 aromatic carbocycles. The van der Waals surface area contributed by atoms with E-state index in [0.29, 0.717) is 13.1 Å². The molecular formula is C19H24N6O. The zero-order valence-electron chi connectivity index (χ0n) is 15.1. The third-order valence-electron chi connectivity index (χ3n) is 5.01. The van der Waals surface area contributed by atoms with E-state index in [0.717, 1.165) is 55.5 Å². The molecule has 1 fully saturated rings. The fourth-order valence-corrected chi connectivity index (χ4v) is 3.45. The van der Waals surface area contributed by atoms with Crippen molar-refractivity contribution in [3.63, 3.8) is 0 Å². The fourth-order valence-electron chi connectivity index (χ4n) is 3.45. The van der Waals surface area contributed by atoms with E-state index in [1.54, 1.807) is 0 Å². The zero-order chi connectivity index (χ0) is 17.9. The number of hydrogen-bond acceptors (Lipinski definition) is 6. The summed E-state index contributed by atoms with van der Waals surface area (Å²) >= 11 is 0. The lowest BCUT2D eigenvalue weighted by Crippen LogP contribution is -2.45. The summed E-state index contributed by atoms with van der Waals surface area (Å²) < 4.78 is 0. The van der Waals surface area contributed by atoms with Crippen LogP contribution in [0.4, 0.5) is 11.6 Å². The van der Waals surface area contributed by atoms with Gasteiger partial charge >= 0.3 is 0 Å². The minimum atomic E-state index is -0.00948. The standard InChI is InChI=1S/C19H24N6O/c1-23-8-10-24(11-9-23)19-21-12-15(13-22-19)14-25-7-6-20-18(26)16-4-2-3-5-17(16)25/h2-5,12-13H,6-11,14H2,1H3,(H,20,26). The van der Waals surface area contributed by atoms with E-state index in [1.807, 2.05) is 36.7 Å². The molecule has 0 atom stereocenters. The first-order valence-corrected chi connectivity index (χ1v) is 9.07. The topological polar surface area (TPSA) is 64.6 Å². The molecule has 7 heteroatoms. The molecule has 7 nitrogen and oxygen atoms in total. The summed E-state index contributed by atoms with van der Waals surface area (Å²) in [6, 6.07) is 7.74. The summed E-state index contributed by atoms with van der Waals surface area (Å²) in [7, 11) is 2.14. The Labute approximate surface area is 153 Å². The number of anilines is 2. The van der Waals surface area contributed by atoms with Gasteiger partial charge in [-0.2, -0.15) is 0 Å². The second-order valence-corrected chi connectivity index (χ2v) is 6.88. The molecule has 2 aliphatic heterocycles. The molecule has 1 aromatic heterocycles. The van der Waals surface area contributed by atoms with Crippen molar-refractivity contribution in [3.05, 3.63) is 47.8 Å². The van der Waals surface area contributed by atoms with Crippen molar-refractivity contribution < 1.29 is 4.79 Å². The van der Waals surface area contributed by atoms with Crippen LogP contribution in [-0.2, 0) is 6.54 Å². The number of benzene rings is 1. The van der Waals surface area contributed by atoms with Crippen LogP contribution in [0.15, 0.2) is 36.7 Å². The first-order chi connectivity index (χ1) is 12.7. The van der Waals surface area contributed by atoms with Gasteiger partial charge in [-0.15, -0.1) is 0 Å². The summed E-state index contributed by atoms with van der Waals surface area (Å²) in [5, 5.41) is 2.95. The van der Waals surface area contributed by atoms with Gasteiger partial charge in [0.1, 0.15) is 0 Å². The Balaban J connectivity index is 1.49. The van der Waals surface area contributed by atoms with Crippen molar-refractivity contribution >= 4 is 17.5 Å². The predicted molar refractivity (Wildman–Crippen MR) is 102 cm³/mol. The van der Waals surface area contributed by atoms with Crippen LogP contribution in [0.2, 0.25) is 0 Å². The van der Waals surface area contributed by atoms with Gasteiger partial charge in [0.2, 0.25) is 5.95 Å². The SMILES string of the molecule is CN1CCN(c2ncc(CN3CCNC(=O)c4ccccc43)cn2)CC1. The maximum absolute atomic E-state index is 12.2. The average molecular weight is 352 g/mol. The molecule has 0 saturated carbocycles. The summed E-state index contributed by atoms with van der Waals surface area (Å²) in [6.45, 7) is 6.09. The molecule has 0 bridgehead atoms. The molecule has 1 amide bonds. The van der Waals surface area contributed by atoms with E-state index in [-0.39, 0.29) is 5.91 Å². The highest BCUT2D eigenvalue weighted by Gasteiger charge is 2.21. The Bertz CT molecular complexity index is 770. The maximum atomic E-state index is 12.2. The van der Waals surface area contributed by atoms with Crippen molar-refractivity contribution in [2.75, 3.05) is 56.1 Å². The number of hydrogen-bond donors (Lipinski definition) is 1. The number of piperazine rings is 1. The van der Waals surface area contributed by atoms with Crippen LogP contribution in [-0.4, -0.2) is 67.1 Å². The number of para-hydroxylation sites is 1. The van der Waals surface area contributed by atoms with Gasteiger partial charge in [0.15, 0.2) is 0 Å². The minimum absolute atomic E-state index is 0.00948. The van der Waals surface area contributed by atoms with Crippen LogP contribution >= 0.6 is 0 Å². The van der Waals surface area contributed by atoms with Crippen LogP contribution in [0.5, 0.6) is 0 Å². The van der Waals surface area contributed by atoms with Gasteiger partial charge < -0.3 is 20.0 Å². The first kappa shape index (κ1) is 16.8. The van der Waals surface area contributed by atoms with Crippen molar-refractivity contribution in [2.24, 2.45) is 0 Å². The number of nitrogens with one attached hydrogen (secondary N) is 1. The first-order valence-electron chi connectivity index (χ1n) is 9.07. The molecule has 0 radical (unpaired) electrons. The molecule has 4 rings (SSSR count). The monoisotopic (exact) mass is 352 g/mol. The lowest BCUT2D eigenvalue weighted by Gasteiger charge is -2.32. The number of carbonyl (C=O) groups is 1. The van der Waals surface area contributed by atoms with Crippen LogP contribution in [0.25, 0.3) is 0 Å². The number of fused-ring (bicyclic) bond motifs is 1. The van der Waals surface area contributed by atoms with E-state index >= 15 is 0 Å². The van der Waals surface area contributed by atoms with Crippen LogP contribution in [0, 0.1) is 0 Å². The van der Waals surface area contributed by atoms with Crippen LogP contribution < -0.4 is 15.1 Å². The Morgan fingerprint density at radius 1 is 1.04 bits per heavy atom. The van der Waals surface area contributed by atoms with E-state index < -0.39 is 0 Å². The molecule has 3 heterocycles. The second-order valence-electron chi connectivity index (χ2n) is 6.88. The average Bonchev–Trinajstić information content (AvgIpc) is 2.83. The highest BCUT2D eigenvalue weighted by Crippen LogP contribution is 2.24. The van der Waals surface area contributed by atoms with Gasteiger partial charge in [-0.25, -0.2) is 9.97 Å². The summed E-state index contributed by atoms with van der Waals surface area (Å²) in [4.78, 5) is 28.1. The van der Waals surface area contributed by atoms with Crippen LogP contribution in [0.3, 0.4) is 0 Å². The molecule has 0 unspecified atom stereocenters. The highest BCUT2D eigenvalue weighted by molar-refractivity contribution is 6.00. The van der Waals surface area contributed by atoms with E-state index in [4.69, 9.17) is 0 Å². The zero-order valence-corrected chi connectivity index (χ0v) is 15.1.